The number of fused-ring (bicyclic) bond motifs is 3. The molecule has 212 valence electrons. The van der Waals surface area contributed by atoms with Crippen LogP contribution in [0.3, 0.4) is 0 Å². The van der Waals surface area contributed by atoms with E-state index in [1.54, 1.807) is 32.3 Å². The van der Waals surface area contributed by atoms with Crippen molar-refractivity contribution in [3.63, 3.8) is 0 Å². The molecule has 1 unspecified atom stereocenters. The van der Waals surface area contributed by atoms with Gasteiger partial charge in [-0.1, -0.05) is 18.2 Å². The SMILES string of the molecule is CN=CC(=CN)c1ccc2c(c1)CCC21NC(=O)N(CC(=O)N2Cc3sc(C)c(C)c3OC[C@@H]2C(F)(F)F)C1=O. The first kappa shape index (κ1) is 27.7. The molecule has 2 aliphatic heterocycles. The Morgan fingerprint density at radius 3 is 2.75 bits per heavy atom. The Morgan fingerprint density at radius 1 is 1.32 bits per heavy atom. The molecule has 3 heterocycles. The van der Waals surface area contributed by atoms with Crippen molar-refractivity contribution in [3.05, 3.63) is 56.4 Å². The third-order valence-electron chi connectivity index (χ3n) is 7.76. The Labute approximate surface area is 232 Å². The Bertz CT molecular complexity index is 1470. The highest BCUT2D eigenvalue weighted by Gasteiger charge is 2.56. The number of thiophene rings is 1. The molecule has 1 fully saturated rings. The number of urea groups is 1. The fourth-order valence-corrected chi connectivity index (χ4v) is 6.70. The van der Waals surface area contributed by atoms with Crippen LogP contribution in [0.5, 0.6) is 5.75 Å². The molecule has 0 bridgehead atoms. The lowest BCUT2D eigenvalue weighted by Gasteiger charge is -2.31. The van der Waals surface area contributed by atoms with Crippen LogP contribution in [-0.4, -0.2) is 66.3 Å². The van der Waals surface area contributed by atoms with Crippen LogP contribution in [0.25, 0.3) is 5.57 Å². The summed E-state index contributed by atoms with van der Waals surface area (Å²) in [6, 6.07) is 2.30. The molecular formula is C27H28F3N5O4S. The number of amides is 4. The van der Waals surface area contributed by atoms with Gasteiger partial charge in [0, 0.05) is 35.5 Å². The molecule has 5 rings (SSSR count). The number of aryl methyl sites for hydroxylation is 2. The van der Waals surface area contributed by atoms with E-state index in [1.807, 2.05) is 13.0 Å². The first-order chi connectivity index (χ1) is 18.9. The minimum absolute atomic E-state index is 0.254. The number of nitrogens with one attached hydrogen (secondary N) is 1. The van der Waals surface area contributed by atoms with Crippen LogP contribution >= 0.6 is 11.3 Å². The second-order valence-corrected chi connectivity index (χ2v) is 11.3. The first-order valence-electron chi connectivity index (χ1n) is 12.6. The molecule has 1 aliphatic carbocycles. The number of hydrogen-bond acceptors (Lipinski definition) is 7. The Balaban J connectivity index is 1.41. The number of alkyl halides is 3. The standard InChI is InChI=1S/C27H28F3N5O4S/c1-14-15(2)40-20-11-34(21(27(28,29)30)13-39-23(14)20)22(36)12-35-24(37)26(33-25(35)38)7-6-17-8-16(4-5-19(17)26)18(9-31)10-32-3/h4-5,8-10,21H,6-7,11-13,31H2,1-3H3,(H,33,38)/t21-,26?/m1/s1. The third kappa shape index (κ3) is 4.41. The number of benzene rings is 1. The van der Waals surface area contributed by atoms with E-state index in [9.17, 15) is 27.6 Å². The Kier molecular flexibility index (Phi) is 6.89. The summed E-state index contributed by atoms with van der Waals surface area (Å²) in [6.45, 7) is 1.64. The fourth-order valence-electron chi connectivity index (χ4n) is 5.57. The summed E-state index contributed by atoms with van der Waals surface area (Å²) in [4.78, 5) is 46.8. The average Bonchev–Trinajstić information content (AvgIpc) is 3.41. The molecule has 1 saturated heterocycles. The second-order valence-electron chi connectivity index (χ2n) is 10.0. The lowest BCUT2D eigenvalue weighted by Crippen LogP contribution is -2.53. The number of allylic oxidation sites excluding steroid dienone is 1. The zero-order valence-electron chi connectivity index (χ0n) is 22.1. The van der Waals surface area contributed by atoms with Crippen molar-refractivity contribution >= 4 is 41.0 Å². The maximum Gasteiger partial charge on any atom is 0.412 e. The van der Waals surface area contributed by atoms with E-state index < -0.39 is 48.8 Å². The van der Waals surface area contributed by atoms with Gasteiger partial charge in [-0.2, -0.15) is 13.2 Å². The molecule has 2 atom stereocenters. The molecule has 13 heteroatoms. The topological polar surface area (TPSA) is 117 Å². The molecule has 0 saturated carbocycles. The molecule has 3 N–H and O–H groups in total. The first-order valence-corrected chi connectivity index (χ1v) is 13.4. The quantitative estimate of drug-likeness (QED) is 0.428. The smallest absolute Gasteiger partial charge is 0.412 e. The minimum atomic E-state index is -4.77. The third-order valence-corrected chi connectivity index (χ3v) is 8.93. The number of nitrogens with two attached hydrogens (primary N) is 1. The summed E-state index contributed by atoms with van der Waals surface area (Å²) in [5.41, 5.74) is 7.92. The van der Waals surface area contributed by atoms with Gasteiger partial charge in [0.1, 0.15) is 24.4 Å². The normalized spacial score (nSPS) is 22.9. The molecule has 2 aromatic rings. The second kappa shape index (κ2) is 9.95. The van der Waals surface area contributed by atoms with E-state index in [2.05, 4.69) is 10.3 Å². The van der Waals surface area contributed by atoms with Crippen molar-refractivity contribution in [2.24, 2.45) is 10.7 Å². The fraction of sp³-hybridized carbons (Fsp3) is 0.407. The predicted octanol–water partition coefficient (Wildman–Crippen LogP) is 3.41. The molecule has 3 aliphatic rings. The van der Waals surface area contributed by atoms with E-state index in [-0.39, 0.29) is 13.0 Å². The highest BCUT2D eigenvalue weighted by molar-refractivity contribution is 7.12. The highest BCUT2D eigenvalue weighted by Crippen LogP contribution is 2.43. The van der Waals surface area contributed by atoms with Gasteiger partial charge in [-0.25, -0.2) is 4.79 Å². The van der Waals surface area contributed by atoms with Gasteiger partial charge in [0.25, 0.3) is 5.91 Å². The summed E-state index contributed by atoms with van der Waals surface area (Å²) < 4.78 is 47.6. The monoisotopic (exact) mass is 575 g/mol. The number of carbonyl (C=O) groups excluding carboxylic acids is 3. The number of imide groups is 1. The maximum atomic E-state index is 14.0. The molecule has 1 spiro atoms. The average molecular weight is 576 g/mol. The van der Waals surface area contributed by atoms with Gasteiger partial charge in [0.15, 0.2) is 6.04 Å². The minimum Gasteiger partial charge on any atom is -0.490 e. The largest absolute Gasteiger partial charge is 0.490 e. The molecule has 0 radical (unpaired) electrons. The van der Waals surface area contributed by atoms with E-state index in [4.69, 9.17) is 10.5 Å². The van der Waals surface area contributed by atoms with Crippen LogP contribution in [0.2, 0.25) is 0 Å². The zero-order chi connectivity index (χ0) is 29.0. The molecule has 1 aromatic carbocycles. The van der Waals surface area contributed by atoms with E-state index in [0.29, 0.717) is 38.0 Å². The number of rotatable bonds is 4. The summed E-state index contributed by atoms with van der Waals surface area (Å²) in [5.74, 6) is -1.31. The van der Waals surface area contributed by atoms with Gasteiger partial charge in [0.05, 0.1) is 11.4 Å². The number of nitrogens with zero attached hydrogens (tertiary/aromatic N) is 3. The van der Waals surface area contributed by atoms with Crippen LogP contribution in [0.15, 0.2) is 29.4 Å². The lowest BCUT2D eigenvalue weighted by atomic mass is 9.90. The number of halogens is 3. The van der Waals surface area contributed by atoms with Crippen molar-refractivity contribution in [1.29, 1.82) is 0 Å². The zero-order valence-corrected chi connectivity index (χ0v) is 22.9. The van der Waals surface area contributed by atoms with Crippen molar-refractivity contribution in [2.75, 3.05) is 20.2 Å². The van der Waals surface area contributed by atoms with E-state index in [1.165, 1.54) is 17.5 Å². The number of carbonyl (C=O) groups is 3. The van der Waals surface area contributed by atoms with Gasteiger partial charge in [0.2, 0.25) is 5.91 Å². The van der Waals surface area contributed by atoms with Crippen molar-refractivity contribution < 1.29 is 32.3 Å². The maximum absolute atomic E-state index is 14.0. The summed E-state index contributed by atoms with van der Waals surface area (Å²) in [6.07, 6.45) is -1.03. The number of hydrogen-bond donors (Lipinski definition) is 2. The molecule has 1 aromatic heterocycles. The molecule has 4 amide bonds. The summed E-state index contributed by atoms with van der Waals surface area (Å²) >= 11 is 1.26. The van der Waals surface area contributed by atoms with Crippen LogP contribution in [-0.2, 0) is 28.1 Å². The Morgan fingerprint density at radius 2 is 2.08 bits per heavy atom. The summed E-state index contributed by atoms with van der Waals surface area (Å²) in [5, 5.41) is 2.72. The number of aliphatic imine (C=N–C) groups is 1. The van der Waals surface area contributed by atoms with E-state index in [0.717, 1.165) is 21.6 Å². The van der Waals surface area contributed by atoms with Gasteiger partial charge in [-0.15, -0.1) is 11.3 Å². The van der Waals surface area contributed by atoms with Gasteiger partial charge < -0.3 is 20.7 Å². The summed E-state index contributed by atoms with van der Waals surface area (Å²) in [7, 11) is 1.62. The van der Waals surface area contributed by atoms with Gasteiger partial charge in [-0.3, -0.25) is 19.5 Å². The van der Waals surface area contributed by atoms with Crippen LogP contribution < -0.4 is 15.8 Å². The lowest BCUT2D eigenvalue weighted by molar-refractivity contribution is -0.195. The predicted molar refractivity (Wildman–Crippen MR) is 143 cm³/mol. The molecule has 40 heavy (non-hydrogen) atoms. The Hall–Kier alpha value is -3.87. The molecule has 9 nitrogen and oxygen atoms in total. The van der Waals surface area contributed by atoms with Gasteiger partial charge >= 0.3 is 12.2 Å². The highest BCUT2D eigenvalue weighted by atomic mass is 32.1. The van der Waals surface area contributed by atoms with E-state index >= 15 is 0 Å². The van der Waals surface area contributed by atoms with Crippen molar-refractivity contribution in [2.45, 2.75) is 51.0 Å². The van der Waals surface area contributed by atoms with Crippen molar-refractivity contribution in [3.8, 4) is 5.75 Å². The van der Waals surface area contributed by atoms with Crippen LogP contribution in [0.1, 0.15) is 38.4 Å². The van der Waals surface area contributed by atoms with Gasteiger partial charge in [-0.05, 0) is 43.4 Å². The van der Waals surface area contributed by atoms with Crippen molar-refractivity contribution in [1.82, 2.24) is 15.1 Å². The number of ether oxygens (including phenoxy) is 1. The van der Waals surface area contributed by atoms with Crippen LogP contribution in [0.4, 0.5) is 18.0 Å². The molecular weight excluding hydrogens is 547 g/mol. The van der Waals surface area contributed by atoms with Crippen LogP contribution in [0, 0.1) is 13.8 Å².